The maximum absolute atomic E-state index is 5.98. The van der Waals surface area contributed by atoms with Gasteiger partial charge in [0.2, 0.25) is 0 Å². The van der Waals surface area contributed by atoms with Gasteiger partial charge in [-0.05, 0) is 48.7 Å². The van der Waals surface area contributed by atoms with Crippen molar-refractivity contribution in [2.24, 2.45) is 10.7 Å². The second-order valence-electron chi connectivity index (χ2n) is 5.30. The molecule has 0 aliphatic rings. The molecule has 0 bridgehead atoms. The summed E-state index contributed by atoms with van der Waals surface area (Å²) in [5, 5.41) is 3.12. The Morgan fingerprint density at radius 2 is 1.92 bits per heavy atom. The van der Waals surface area contributed by atoms with Gasteiger partial charge in [0.05, 0.1) is 20.3 Å². The van der Waals surface area contributed by atoms with Crippen LogP contribution in [0.5, 0.6) is 11.5 Å². The van der Waals surface area contributed by atoms with Crippen molar-refractivity contribution in [3.8, 4) is 11.5 Å². The third kappa shape index (κ3) is 4.91. The number of aliphatic imine (C=N–C) groups is 1. The van der Waals surface area contributed by atoms with Crippen molar-refractivity contribution >= 4 is 11.6 Å². The van der Waals surface area contributed by atoms with E-state index < -0.39 is 0 Å². The van der Waals surface area contributed by atoms with E-state index in [1.165, 1.54) is 5.56 Å². The number of guanidine groups is 1. The van der Waals surface area contributed by atoms with Crippen LogP contribution in [-0.4, -0.2) is 19.7 Å². The average Bonchev–Trinajstić information content (AvgIpc) is 2.61. The lowest BCUT2D eigenvalue weighted by atomic mass is 10.1. The van der Waals surface area contributed by atoms with E-state index in [0.717, 1.165) is 23.4 Å². The molecule has 0 amide bonds. The third-order valence-electron chi connectivity index (χ3n) is 3.57. The largest absolute Gasteiger partial charge is 0.493 e. The summed E-state index contributed by atoms with van der Waals surface area (Å²) in [6, 6.07) is 13.9. The quantitative estimate of drug-likeness (QED) is 0.602. The number of nitrogens with zero attached hydrogens (tertiary/aromatic N) is 1. The Bertz CT molecular complexity index is 699. The van der Waals surface area contributed by atoms with E-state index in [4.69, 9.17) is 15.2 Å². The van der Waals surface area contributed by atoms with Crippen molar-refractivity contribution < 1.29 is 9.47 Å². The Balaban J connectivity index is 2.03. The van der Waals surface area contributed by atoms with Gasteiger partial charge in [-0.3, -0.25) is 0 Å². The van der Waals surface area contributed by atoms with Crippen LogP contribution in [0.1, 0.15) is 25.0 Å². The Morgan fingerprint density at radius 3 is 2.62 bits per heavy atom. The molecule has 24 heavy (non-hydrogen) atoms. The molecule has 2 aromatic rings. The molecule has 0 fully saturated rings. The number of aryl methyl sites for hydroxylation is 1. The van der Waals surface area contributed by atoms with Crippen LogP contribution >= 0.6 is 0 Å². The van der Waals surface area contributed by atoms with Crippen LogP contribution < -0.4 is 20.5 Å². The van der Waals surface area contributed by atoms with Gasteiger partial charge in [0.15, 0.2) is 17.5 Å². The minimum atomic E-state index is 0.385. The summed E-state index contributed by atoms with van der Waals surface area (Å²) < 4.78 is 10.9. The maximum Gasteiger partial charge on any atom is 0.193 e. The highest BCUT2D eigenvalue weighted by Crippen LogP contribution is 2.28. The smallest absolute Gasteiger partial charge is 0.193 e. The molecule has 2 rings (SSSR count). The van der Waals surface area contributed by atoms with Gasteiger partial charge in [-0.25, -0.2) is 4.99 Å². The molecule has 0 radical (unpaired) electrons. The summed E-state index contributed by atoms with van der Waals surface area (Å²) >= 11 is 0. The highest BCUT2D eigenvalue weighted by molar-refractivity contribution is 5.92. The first kappa shape index (κ1) is 17.7. The van der Waals surface area contributed by atoms with Gasteiger partial charge < -0.3 is 20.5 Å². The number of rotatable bonds is 7. The fraction of sp³-hybridized carbons (Fsp3) is 0.316. The van der Waals surface area contributed by atoms with Crippen LogP contribution in [0, 0.1) is 0 Å². The Labute approximate surface area is 143 Å². The summed E-state index contributed by atoms with van der Waals surface area (Å²) in [7, 11) is 1.63. The molecular formula is C19H25N3O2. The number of ether oxygens (including phenoxy) is 2. The standard InChI is InChI=1S/C19H25N3O2/c1-4-14-7-6-8-16(11-14)22-19(20)21-13-15-9-10-17(24-5-2)18(12-15)23-3/h6-12H,4-5,13H2,1-3H3,(H3,20,21,22). The molecule has 0 saturated carbocycles. The number of anilines is 1. The van der Waals surface area contributed by atoms with Crippen LogP contribution in [0.2, 0.25) is 0 Å². The molecule has 5 heteroatoms. The second-order valence-corrected chi connectivity index (χ2v) is 5.30. The molecule has 128 valence electrons. The number of hydrogen-bond donors (Lipinski definition) is 2. The number of nitrogens with one attached hydrogen (secondary N) is 1. The van der Waals surface area contributed by atoms with Crippen LogP contribution in [0.25, 0.3) is 0 Å². The predicted molar refractivity (Wildman–Crippen MR) is 98.9 cm³/mol. The normalized spacial score (nSPS) is 11.2. The highest BCUT2D eigenvalue weighted by atomic mass is 16.5. The lowest BCUT2D eigenvalue weighted by Gasteiger charge is -2.10. The van der Waals surface area contributed by atoms with Crippen LogP contribution in [-0.2, 0) is 13.0 Å². The van der Waals surface area contributed by atoms with Crippen molar-refractivity contribution in [2.45, 2.75) is 26.8 Å². The van der Waals surface area contributed by atoms with Crippen molar-refractivity contribution in [3.05, 3.63) is 53.6 Å². The van der Waals surface area contributed by atoms with E-state index in [-0.39, 0.29) is 0 Å². The van der Waals surface area contributed by atoms with E-state index in [9.17, 15) is 0 Å². The van der Waals surface area contributed by atoms with E-state index in [1.54, 1.807) is 7.11 Å². The predicted octanol–water partition coefficient (Wildman–Crippen LogP) is 3.58. The monoisotopic (exact) mass is 327 g/mol. The fourth-order valence-corrected chi connectivity index (χ4v) is 2.32. The molecule has 5 nitrogen and oxygen atoms in total. The van der Waals surface area contributed by atoms with Gasteiger partial charge in [-0.2, -0.15) is 0 Å². The van der Waals surface area contributed by atoms with E-state index in [0.29, 0.717) is 24.9 Å². The molecule has 3 N–H and O–H groups in total. The van der Waals surface area contributed by atoms with Crippen molar-refractivity contribution in [1.29, 1.82) is 0 Å². The van der Waals surface area contributed by atoms with Crippen LogP contribution in [0.3, 0.4) is 0 Å². The fourth-order valence-electron chi connectivity index (χ4n) is 2.32. The number of hydrogen-bond acceptors (Lipinski definition) is 3. The third-order valence-corrected chi connectivity index (χ3v) is 3.57. The lowest BCUT2D eigenvalue weighted by Crippen LogP contribution is -2.22. The average molecular weight is 327 g/mol. The highest BCUT2D eigenvalue weighted by Gasteiger charge is 2.05. The Hall–Kier alpha value is -2.69. The zero-order chi connectivity index (χ0) is 17.4. The Morgan fingerprint density at radius 1 is 1.08 bits per heavy atom. The summed E-state index contributed by atoms with van der Waals surface area (Å²) in [5.74, 6) is 1.82. The molecule has 2 aromatic carbocycles. The molecular weight excluding hydrogens is 302 g/mol. The first-order chi connectivity index (χ1) is 11.7. The molecule has 0 heterocycles. The van der Waals surface area contributed by atoms with Gasteiger partial charge in [-0.15, -0.1) is 0 Å². The van der Waals surface area contributed by atoms with Gasteiger partial charge in [0, 0.05) is 5.69 Å². The summed E-state index contributed by atoms with van der Waals surface area (Å²) in [6.45, 7) is 5.13. The molecule has 0 aliphatic heterocycles. The molecule has 0 aromatic heterocycles. The van der Waals surface area contributed by atoms with Gasteiger partial charge in [0.25, 0.3) is 0 Å². The van der Waals surface area contributed by atoms with E-state index in [1.807, 2.05) is 37.3 Å². The summed E-state index contributed by atoms with van der Waals surface area (Å²) in [6.07, 6.45) is 0.985. The van der Waals surface area contributed by atoms with Gasteiger partial charge in [-0.1, -0.05) is 25.1 Å². The van der Waals surface area contributed by atoms with Gasteiger partial charge in [0.1, 0.15) is 0 Å². The zero-order valence-electron chi connectivity index (χ0n) is 14.5. The number of nitrogens with two attached hydrogens (primary N) is 1. The minimum Gasteiger partial charge on any atom is -0.493 e. The Kier molecular flexibility index (Phi) is 6.49. The van der Waals surface area contributed by atoms with E-state index >= 15 is 0 Å². The van der Waals surface area contributed by atoms with Crippen molar-refractivity contribution in [1.82, 2.24) is 0 Å². The zero-order valence-corrected chi connectivity index (χ0v) is 14.5. The lowest BCUT2D eigenvalue weighted by molar-refractivity contribution is 0.310. The number of benzene rings is 2. The molecule has 0 spiro atoms. The summed E-state index contributed by atoms with van der Waals surface area (Å²) in [5.41, 5.74) is 9.18. The van der Waals surface area contributed by atoms with Crippen molar-refractivity contribution in [2.75, 3.05) is 19.0 Å². The van der Waals surface area contributed by atoms with Crippen LogP contribution in [0.15, 0.2) is 47.5 Å². The second kappa shape index (κ2) is 8.82. The molecule has 0 aliphatic carbocycles. The first-order valence-corrected chi connectivity index (χ1v) is 8.11. The molecule has 0 atom stereocenters. The minimum absolute atomic E-state index is 0.385. The van der Waals surface area contributed by atoms with Crippen LogP contribution in [0.4, 0.5) is 5.69 Å². The van der Waals surface area contributed by atoms with E-state index in [2.05, 4.69) is 29.4 Å². The number of methoxy groups -OCH3 is 1. The molecule has 0 saturated heterocycles. The SMILES string of the molecule is CCOc1ccc(CN=C(N)Nc2cccc(CC)c2)cc1OC. The first-order valence-electron chi connectivity index (χ1n) is 8.11. The topological polar surface area (TPSA) is 68.9 Å². The summed E-state index contributed by atoms with van der Waals surface area (Å²) in [4.78, 5) is 4.38. The maximum atomic E-state index is 5.98. The molecule has 0 unspecified atom stereocenters. The van der Waals surface area contributed by atoms with Gasteiger partial charge >= 0.3 is 0 Å². The van der Waals surface area contributed by atoms with Crippen molar-refractivity contribution in [3.63, 3.8) is 0 Å².